The molecule has 0 saturated carbocycles. The van der Waals surface area contributed by atoms with Crippen LogP contribution in [-0.2, 0) is 4.79 Å². The van der Waals surface area contributed by atoms with Crippen molar-refractivity contribution in [1.82, 2.24) is 15.7 Å². The molecule has 8 nitrogen and oxygen atoms in total. The fourth-order valence-electron chi connectivity index (χ4n) is 2.70. The van der Waals surface area contributed by atoms with E-state index in [4.69, 9.17) is 9.47 Å². The number of hydrazone groups is 1. The van der Waals surface area contributed by atoms with Gasteiger partial charge in [0.2, 0.25) is 0 Å². The third-order valence-electron chi connectivity index (χ3n) is 4.15. The number of fused-ring (bicyclic) bond motifs is 1. The predicted octanol–water partition coefficient (Wildman–Crippen LogP) is 2.13. The molecule has 0 radical (unpaired) electrons. The Balaban J connectivity index is 1.56. The van der Waals surface area contributed by atoms with Crippen LogP contribution in [0.5, 0.6) is 11.5 Å². The molecule has 2 amide bonds. The van der Waals surface area contributed by atoms with Crippen LogP contribution in [0.4, 0.5) is 0 Å². The van der Waals surface area contributed by atoms with Gasteiger partial charge in [-0.2, -0.15) is 5.10 Å². The standard InChI is InChI=1S/C21H20N4O4/c1-28-18-8-7-14(9-19(18)29-2)21(27)23-13-20(26)25-24-12-16-11-22-10-15-5-3-4-6-17(15)16/h3-12H,13H2,1-2H3,(H,23,27)(H,25,26)/b24-12+. The highest BCUT2D eigenvalue weighted by Crippen LogP contribution is 2.27. The molecule has 3 rings (SSSR count). The van der Waals surface area contributed by atoms with Crippen LogP contribution < -0.4 is 20.2 Å². The summed E-state index contributed by atoms with van der Waals surface area (Å²) in [4.78, 5) is 28.3. The second-order valence-electron chi connectivity index (χ2n) is 6.00. The molecule has 0 saturated heterocycles. The molecule has 148 valence electrons. The maximum atomic E-state index is 12.2. The summed E-state index contributed by atoms with van der Waals surface area (Å²) in [7, 11) is 2.99. The molecule has 3 aromatic rings. The summed E-state index contributed by atoms with van der Waals surface area (Å²) < 4.78 is 10.3. The predicted molar refractivity (Wildman–Crippen MR) is 109 cm³/mol. The maximum Gasteiger partial charge on any atom is 0.259 e. The largest absolute Gasteiger partial charge is 0.493 e. The quantitative estimate of drug-likeness (QED) is 0.474. The summed E-state index contributed by atoms with van der Waals surface area (Å²) >= 11 is 0. The highest BCUT2D eigenvalue weighted by molar-refractivity contribution is 5.99. The fourth-order valence-corrected chi connectivity index (χ4v) is 2.70. The van der Waals surface area contributed by atoms with Gasteiger partial charge >= 0.3 is 0 Å². The highest BCUT2D eigenvalue weighted by Gasteiger charge is 2.11. The SMILES string of the molecule is COc1ccc(C(=O)NCC(=O)N/N=C/c2cncc3ccccc23)cc1OC. The van der Waals surface area contributed by atoms with E-state index in [2.05, 4.69) is 20.8 Å². The van der Waals surface area contributed by atoms with E-state index >= 15 is 0 Å². The van der Waals surface area contributed by atoms with E-state index in [9.17, 15) is 9.59 Å². The van der Waals surface area contributed by atoms with Crippen LogP contribution in [0.15, 0.2) is 60.0 Å². The molecule has 8 heteroatoms. The van der Waals surface area contributed by atoms with Crippen molar-refractivity contribution < 1.29 is 19.1 Å². The van der Waals surface area contributed by atoms with Gasteiger partial charge in [0.1, 0.15) is 0 Å². The molecule has 0 aliphatic heterocycles. The van der Waals surface area contributed by atoms with Crippen molar-refractivity contribution in [2.75, 3.05) is 20.8 Å². The van der Waals surface area contributed by atoms with Crippen LogP contribution >= 0.6 is 0 Å². The van der Waals surface area contributed by atoms with E-state index in [1.54, 1.807) is 24.5 Å². The van der Waals surface area contributed by atoms with Crippen molar-refractivity contribution in [2.24, 2.45) is 5.10 Å². The second kappa shape index (κ2) is 9.32. The number of carbonyl (C=O) groups is 2. The molecule has 2 N–H and O–H groups in total. The molecule has 0 fully saturated rings. The van der Waals surface area contributed by atoms with Crippen LogP contribution in [0.3, 0.4) is 0 Å². The van der Waals surface area contributed by atoms with Gasteiger partial charge in [0, 0.05) is 28.9 Å². The molecular weight excluding hydrogens is 372 g/mol. The van der Waals surface area contributed by atoms with Gasteiger partial charge in [-0.25, -0.2) is 5.43 Å². The molecule has 1 heterocycles. The maximum absolute atomic E-state index is 12.2. The van der Waals surface area contributed by atoms with Crippen molar-refractivity contribution in [3.05, 3.63) is 66.0 Å². The van der Waals surface area contributed by atoms with E-state index in [-0.39, 0.29) is 6.54 Å². The Bertz CT molecular complexity index is 1060. The Morgan fingerprint density at radius 1 is 1.07 bits per heavy atom. The van der Waals surface area contributed by atoms with Crippen LogP contribution in [-0.4, -0.2) is 43.8 Å². The lowest BCUT2D eigenvalue weighted by Gasteiger charge is -2.09. The van der Waals surface area contributed by atoms with E-state index < -0.39 is 11.8 Å². The topological polar surface area (TPSA) is 102 Å². The molecule has 29 heavy (non-hydrogen) atoms. The zero-order chi connectivity index (χ0) is 20.6. The first-order chi connectivity index (χ1) is 14.1. The van der Waals surface area contributed by atoms with Crippen LogP contribution in [0.2, 0.25) is 0 Å². The number of nitrogens with one attached hydrogen (secondary N) is 2. The molecule has 0 atom stereocenters. The number of hydrogen-bond donors (Lipinski definition) is 2. The van der Waals surface area contributed by atoms with Gasteiger partial charge in [-0.1, -0.05) is 24.3 Å². The van der Waals surface area contributed by atoms with Gasteiger partial charge in [0.15, 0.2) is 11.5 Å². The molecule has 2 aromatic carbocycles. The van der Waals surface area contributed by atoms with Gasteiger partial charge < -0.3 is 14.8 Å². The van der Waals surface area contributed by atoms with E-state index in [1.165, 1.54) is 26.5 Å². The first kappa shape index (κ1) is 19.8. The Labute approximate surface area is 167 Å². The number of nitrogens with zero attached hydrogens (tertiary/aromatic N) is 2. The number of pyridine rings is 1. The van der Waals surface area contributed by atoms with Gasteiger partial charge in [-0.05, 0) is 23.6 Å². The van der Waals surface area contributed by atoms with E-state index in [0.717, 1.165) is 16.3 Å². The molecule has 0 aliphatic rings. The number of hydrogen-bond acceptors (Lipinski definition) is 6. The van der Waals surface area contributed by atoms with E-state index in [1.807, 2.05) is 24.3 Å². The lowest BCUT2D eigenvalue weighted by Crippen LogP contribution is -2.34. The van der Waals surface area contributed by atoms with Crippen LogP contribution in [0, 0.1) is 0 Å². The lowest BCUT2D eigenvalue weighted by atomic mass is 10.1. The molecule has 0 bridgehead atoms. The minimum atomic E-state index is -0.455. The average molecular weight is 392 g/mol. The van der Waals surface area contributed by atoms with Gasteiger partial charge in [-0.3, -0.25) is 14.6 Å². The molecule has 0 spiro atoms. The summed E-state index contributed by atoms with van der Waals surface area (Å²) in [6.45, 7) is -0.224. The lowest BCUT2D eigenvalue weighted by molar-refractivity contribution is -0.120. The Morgan fingerprint density at radius 2 is 1.86 bits per heavy atom. The first-order valence-corrected chi connectivity index (χ1v) is 8.77. The third kappa shape index (κ3) is 4.86. The van der Waals surface area contributed by atoms with Crippen molar-refractivity contribution in [3.8, 4) is 11.5 Å². The average Bonchev–Trinajstić information content (AvgIpc) is 2.77. The Kier molecular flexibility index (Phi) is 6.36. The van der Waals surface area contributed by atoms with Crippen LogP contribution in [0.1, 0.15) is 15.9 Å². The number of rotatable bonds is 7. The van der Waals surface area contributed by atoms with Crippen molar-refractivity contribution in [1.29, 1.82) is 0 Å². The summed E-state index contributed by atoms with van der Waals surface area (Å²) in [6.07, 6.45) is 4.94. The van der Waals surface area contributed by atoms with Crippen molar-refractivity contribution in [2.45, 2.75) is 0 Å². The second-order valence-corrected chi connectivity index (χ2v) is 6.00. The smallest absolute Gasteiger partial charge is 0.259 e. The highest BCUT2D eigenvalue weighted by atomic mass is 16.5. The number of benzene rings is 2. The fraction of sp³-hybridized carbons (Fsp3) is 0.143. The third-order valence-corrected chi connectivity index (χ3v) is 4.15. The van der Waals surface area contributed by atoms with Crippen molar-refractivity contribution >= 4 is 28.8 Å². The van der Waals surface area contributed by atoms with E-state index in [0.29, 0.717) is 17.1 Å². The van der Waals surface area contributed by atoms with Gasteiger partial charge in [0.05, 0.1) is 27.0 Å². The zero-order valence-corrected chi connectivity index (χ0v) is 16.0. The number of ether oxygens (including phenoxy) is 2. The number of carbonyl (C=O) groups excluding carboxylic acids is 2. The summed E-state index contributed by atoms with van der Waals surface area (Å²) in [6, 6.07) is 12.5. The minimum absolute atomic E-state index is 0.224. The normalized spacial score (nSPS) is 10.7. The summed E-state index contributed by atoms with van der Waals surface area (Å²) in [5.41, 5.74) is 3.51. The molecular formula is C21H20N4O4. The van der Waals surface area contributed by atoms with Gasteiger partial charge in [0.25, 0.3) is 11.8 Å². The zero-order valence-electron chi connectivity index (χ0n) is 16.0. The molecule has 1 aromatic heterocycles. The molecule has 0 unspecified atom stereocenters. The first-order valence-electron chi connectivity index (χ1n) is 8.77. The van der Waals surface area contributed by atoms with Gasteiger partial charge in [-0.15, -0.1) is 0 Å². The summed E-state index contributed by atoms with van der Waals surface area (Å²) in [5, 5.41) is 8.42. The number of aromatic nitrogens is 1. The Hall–Kier alpha value is -3.94. The Morgan fingerprint density at radius 3 is 2.66 bits per heavy atom. The number of amides is 2. The number of methoxy groups -OCH3 is 2. The van der Waals surface area contributed by atoms with Crippen LogP contribution in [0.25, 0.3) is 10.8 Å². The summed E-state index contributed by atoms with van der Waals surface area (Å²) in [5.74, 6) is 0.0727. The minimum Gasteiger partial charge on any atom is -0.493 e. The monoisotopic (exact) mass is 392 g/mol. The van der Waals surface area contributed by atoms with Crippen molar-refractivity contribution in [3.63, 3.8) is 0 Å². The molecule has 0 aliphatic carbocycles.